The topological polar surface area (TPSA) is 123 Å². The Labute approximate surface area is 173 Å². The van der Waals surface area contributed by atoms with Gasteiger partial charge in [-0.3, -0.25) is 30.0 Å². The zero-order valence-corrected chi connectivity index (χ0v) is 16.6. The lowest BCUT2D eigenvalue weighted by atomic mass is 10.2. The van der Waals surface area contributed by atoms with Crippen molar-refractivity contribution in [3.63, 3.8) is 0 Å². The highest BCUT2D eigenvalue weighted by Crippen LogP contribution is 2.16. The molecule has 2 rings (SSSR count). The second kappa shape index (κ2) is 11.2. The van der Waals surface area contributed by atoms with Crippen molar-refractivity contribution >= 4 is 23.7 Å². The maximum absolute atomic E-state index is 12.2. The third kappa shape index (κ3) is 6.62. The number of methoxy groups -OCH3 is 1. The van der Waals surface area contributed by atoms with Crippen molar-refractivity contribution in [1.29, 1.82) is 0 Å². The summed E-state index contributed by atoms with van der Waals surface area (Å²) >= 11 is 0. The number of amides is 3. The standard InChI is InChI=1S/C21H23N3O6/c1-14(19(26)23-24-20(27)15-8-4-3-5-9-15)30-18(25)12-13-22-21(28)16-10-6-7-11-17(16)29-2/h3-11,14H,12-13H2,1-2H3,(H,22,28)(H,23,26)(H,24,27)/t14-/m1/s1. The molecule has 3 N–H and O–H groups in total. The summed E-state index contributed by atoms with van der Waals surface area (Å²) in [5.74, 6) is -1.84. The van der Waals surface area contributed by atoms with E-state index in [2.05, 4.69) is 16.2 Å². The number of carbonyl (C=O) groups is 4. The van der Waals surface area contributed by atoms with E-state index in [4.69, 9.17) is 9.47 Å². The second-order valence-corrected chi connectivity index (χ2v) is 6.15. The Morgan fingerprint density at radius 3 is 2.27 bits per heavy atom. The molecule has 0 aromatic heterocycles. The van der Waals surface area contributed by atoms with Crippen LogP contribution in [0.5, 0.6) is 5.75 Å². The van der Waals surface area contributed by atoms with E-state index in [1.807, 2.05) is 0 Å². The number of esters is 1. The monoisotopic (exact) mass is 413 g/mol. The van der Waals surface area contributed by atoms with Gasteiger partial charge >= 0.3 is 5.97 Å². The predicted octanol–water partition coefficient (Wildman–Crippen LogP) is 1.21. The molecule has 2 aromatic carbocycles. The van der Waals surface area contributed by atoms with Gasteiger partial charge in [0.1, 0.15) is 5.75 Å². The van der Waals surface area contributed by atoms with Crippen molar-refractivity contribution < 1.29 is 28.7 Å². The van der Waals surface area contributed by atoms with Crippen LogP contribution in [-0.4, -0.2) is 43.4 Å². The van der Waals surface area contributed by atoms with Gasteiger partial charge in [-0.25, -0.2) is 0 Å². The van der Waals surface area contributed by atoms with Crippen LogP contribution in [0.4, 0.5) is 0 Å². The summed E-state index contributed by atoms with van der Waals surface area (Å²) in [6.45, 7) is 1.39. The lowest BCUT2D eigenvalue weighted by Gasteiger charge is -2.14. The van der Waals surface area contributed by atoms with E-state index in [-0.39, 0.29) is 13.0 Å². The first-order chi connectivity index (χ1) is 14.4. The van der Waals surface area contributed by atoms with Crippen LogP contribution in [-0.2, 0) is 14.3 Å². The van der Waals surface area contributed by atoms with Crippen LogP contribution in [0.15, 0.2) is 54.6 Å². The molecule has 0 saturated carbocycles. The Morgan fingerprint density at radius 1 is 0.900 bits per heavy atom. The van der Waals surface area contributed by atoms with Crippen LogP contribution < -0.4 is 20.9 Å². The first-order valence-electron chi connectivity index (χ1n) is 9.18. The lowest BCUT2D eigenvalue weighted by molar-refractivity contribution is -0.154. The smallest absolute Gasteiger partial charge is 0.308 e. The summed E-state index contributed by atoms with van der Waals surface area (Å²) in [5, 5.41) is 2.59. The van der Waals surface area contributed by atoms with Crippen molar-refractivity contribution in [1.82, 2.24) is 16.2 Å². The molecule has 9 nitrogen and oxygen atoms in total. The number of carbonyl (C=O) groups excluding carboxylic acids is 4. The molecule has 0 bridgehead atoms. The minimum atomic E-state index is -1.13. The van der Waals surface area contributed by atoms with Gasteiger partial charge in [0.15, 0.2) is 6.10 Å². The molecular weight excluding hydrogens is 390 g/mol. The number of hydrazine groups is 1. The average Bonchev–Trinajstić information content (AvgIpc) is 2.77. The summed E-state index contributed by atoms with van der Waals surface area (Å²) in [7, 11) is 1.46. The Hall–Kier alpha value is -3.88. The molecule has 0 aliphatic carbocycles. The number of rotatable bonds is 8. The highest BCUT2D eigenvalue weighted by atomic mass is 16.5. The highest BCUT2D eigenvalue weighted by Gasteiger charge is 2.19. The molecule has 0 saturated heterocycles. The molecule has 0 heterocycles. The van der Waals surface area contributed by atoms with Gasteiger partial charge in [-0.15, -0.1) is 0 Å². The first kappa shape index (κ1) is 22.4. The number of benzene rings is 2. The van der Waals surface area contributed by atoms with E-state index < -0.39 is 29.8 Å². The molecule has 0 fully saturated rings. The molecule has 0 spiro atoms. The molecule has 30 heavy (non-hydrogen) atoms. The van der Waals surface area contributed by atoms with Gasteiger partial charge in [0.25, 0.3) is 17.7 Å². The molecule has 9 heteroatoms. The fourth-order valence-electron chi connectivity index (χ4n) is 2.40. The SMILES string of the molecule is COc1ccccc1C(=O)NCCC(=O)O[C@H](C)C(=O)NNC(=O)c1ccccc1. The van der Waals surface area contributed by atoms with Gasteiger partial charge in [-0.1, -0.05) is 30.3 Å². The number of ether oxygens (including phenoxy) is 2. The minimum Gasteiger partial charge on any atom is -0.496 e. The maximum atomic E-state index is 12.2. The molecule has 0 unspecified atom stereocenters. The van der Waals surface area contributed by atoms with Crippen LogP contribution in [0, 0.1) is 0 Å². The maximum Gasteiger partial charge on any atom is 0.308 e. The highest BCUT2D eigenvalue weighted by molar-refractivity contribution is 5.97. The normalized spacial score (nSPS) is 11.0. The third-order valence-corrected chi connectivity index (χ3v) is 3.98. The Morgan fingerprint density at radius 2 is 1.57 bits per heavy atom. The van der Waals surface area contributed by atoms with Crippen molar-refractivity contribution in [2.24, 2.45) is 0 Å². The van der Waals surface area contributed by atoms with E-state index in [0.717, 1.165) is 0 Å². The number of para-hydroxylation sites is 1. The van der Waals surface area contributed by atoms with E-state index in [9.17, 15) is 19.2 Å². The zero-order valence-electron chi connectivity index (χ0n) is 16.6. The van der Waals surface area contributed by atoms with Gasteiger partial charge in [-0.05, 0) is 31.2 Å². The van der Waals surface area contributed by atoms with Crippen LogP contribution in [0.2, 0.25) is 0 Å². The summed E-state index contributed by atoms with van der Waals surface area (Å²) in [5.41, 5.74) is 5.15. The summed E-state index contributed by atoms with van der Waals surface area (Å²) in [4.78, 5) is 47.9. The largest absolute Gasteiger partial charge is 0.496 e. The molecule has 2 aromatic rings. The van der Waals surface area contributed by atoms with Crippen LogP contribution in [0.1, 0.15) is 34.1 Å². The van der Waals surface area contributed by atoms with Crippen LogP contribution >= 0.6 is 0 Å². The molecule has 0 aliphatic rings. The van der Waals surface area contributed by atoms with Gasteiger partial charge in [0.2, 0.25) is 0 Å². The second-order valence-electron chi connectivity index (χ2n) is 6.15. The fraction of sp³-hybridized carbons (Fsp3) is 0.238. The van der Waals surface area contributed by atoms with Gasteiger partial charge in [-0.2, -0.15) is 0 Å². The predicted molar refractivity (Wildman–Crippen MR) is 108 cm³/mol. The Bertz CT molecular complexity index is 901. The summed E-state index contributed by atoms with van der Waals surface area (Å²) in [6.07, 6.45) is -1.26. The fourth-order valence-corrected chi connectivity index (χ4v) is 2.40. The quantitative estimate of drug-likeness (QED) is 0.442. The van der Waals surface area contributed by atoms with Crippen molar-refractivity contribution in [2.45, 2.75) is 19.4 Å². The molecule has 3 amide bonds. The van der Waals surface area contributed by atoms with E-state index >= 15 is 0 Å². The van der Waals surface area contributed by atoms with E-state index in [0.29, 0.717) is 16.9 Å². The third-order valence-electron chi connectivity index (χ3n) is 3.98. The van der Waals surface area contributed by atoms with Gasteiger partial charge in [0.05, 0.1) is 19.1 Å². The molecule has 158 valence electrons. The van der Waals surface area contributed by atoms with Crippen LogP contribution in [0.25, 0.3) is 0 Å². The molecule has 1 atom stereocenters. The van der Waals surface area contributed by atoms with E-state index in [1.54, 1.807) is 54.6 Å². The summed E-state index contributed by atoms with van der Waals surface area (Å²) in [6, 6.07) is 15.0. The first-order valence-corrected chi connectivity index (χ1v) is 9.18. The number of hydrogen-bond acceptors (Lipinski definition) is 6. The van der Waals surface area contributed by atoms with Crippen molar-refractivity contribution in [2.75, 3.05) is 13.7 Å². The van der Waals surface area contributed by atoms with Crippen molar-refractivity contribution in [3.05, 3.63) is 65.7 Å². The Balaban J connectivity index is 1.71. The zero-order chi connectivity index (χ0) is 21.9. The summed E-state index contributed by atoms with van der Waals surface area (Å²) < 4.78 is 10.1. The molecular formula is C21H23N3O6. The van der Waals surface area contributed by atoms with Crippen LogP contribution in [0.3, 0.4) is 0 Å². The van der Waals surface area contributed by atoms with Gasteiger partial charge in [0, 0.05) is 12.1 Å². The Kier molecular flexibility index (Phi) is 8.37. The molecule has 0 radical (unpaired) electrons. The van der Waals surface area contributed by atoms with E-state index in [1.165, 1.54) is 14.0 Å². The van der Waals surface area contributed by atoms with Crippen molar-refractivity contribution in [3.8, 4) is 5.75 Å². The minimum absolute atomic E-state index is 0.0226. The van der Waals surface area contributed by atoms with Gasteiger partial charge < -0.3 is 14.8 Å². The molecule has 0 aliphatic heterocycles. The lowest BCUT2D eigenvalue weighted by Crippen LogP contribution is -2.46. The number of nitrogens with one attached hydrogen (secondary N) is 3. The number of hydrogen-bond donors (Lipinski definition) is 3. The average molecular weight is 413 g/mol.